The molecule has 0 spiro atoms. The number of hydrogen-bond acceptors (Lipinski definition) is 9. The number of carbonyl (C=O) groups is 2. The van der Waals surface area contributed by atoms with Gasteiger partial charge in [0.05, 0.1) is 16.7 Å². The SMILES string of the molecule is CC(=NOc1cc(NC=C2C(=O)OC(C)(C)OC2=O)cc([N+](=O)[O-])c1)c1ccc(C)cc1. The summed E-state index contributed by atoms with van der Waals surface area (Å²) in [6.07, 6.45) is 1.06. The van der Waals surface area contributed by atoms with Crippen LogP contribution in [0, 0.1) is 17.0 Å². The average Bonchev–Trinajstić information content (AvgIpc) is 2.71. The number of hydrogen-bond donors (Lipinski definition) is 1. The normalized spacial score (nSPS) is 15.5. The molecular weight excluding hydrogens is 418 g/mol. The molecule has 3 rings (SSSR count). The number of oxime groups is 1. The van der Waals surface area contributed by atoms with Crippen molar-refractivity contribution in [2.75, 3.05) is 5.32 Å². The van der Waals surface area contributed by atoms with E-state index in [0.717, 1.165) is 17.3 Å². The van der Waals surface area contributed by atoms with Crippen LogP contribution in [0.4, 0.5) is 11.4 Å². The third-order valence-electron chi connectivity index (χ3n) is 4.36. The van der Waals surface area contributed by atoms with Crippen LogP contribution in [0.1, 0.15) is 31.9 Å². The number of benzene rings is 2. The smallest absolute Gasteiger partial charge is 0.350 e. The van der Waals surface area contributed by atoms with Crippen LogP contribution in [0.2, 0.25) is 0 Å². The first-order chi connectivity index (χ1) is 15.0. The number of anilines is 1. The van der Waals surface area contributed by atoms with Gasteiger partial charge in [0.2, 0.25) is 0 Å². The Bertz CT molecular complexity index is 1110. The quantitative estimate of drug-likeness (QED) is 0.179. The van der Waals surface area contributed by atoms with Crippen molar-refractivity contribution < 1.29 is 28.8 Å². The largest absolute Gasteiger partial charge is 0.419 e. The van der Waals surface area contributed by atoms with E-state index < -0.39 is 22.6 Å². The van der Waals surface area contributed by atoms with E-state index in [1.165, 1.54) is 32.0 Å². The lowest BCUT2D eigenvalue weighted by molar-refractivity contribution is -0.384. The molecule has 1 aliphatic rings. The number of nitro groups is 1. The zero-order valence-electron chi connectivity index (χ0n) is 17.9. The zero-order chi connectivity index (χ0) is 23.5. The second-order valence-corrected chi connectivity index (χ2v) is 7.49. The molecule has 166 valence electrons. The Balaban J connectivity index is 1.82. The number of nitrogens with zero attached hydrogens (tertiary/aromatic N) is 2. The highest BCUT2D eigenvalue weighted by molar-refractivity contribution is 6.15. The molecule has 0 saturated carbocycles. The van der Waals surface area contributed by atoms with Crippen LogP contribution in [0.3, 0.4) is 0 Å². The molecule has 1 saturated heterocycles. The van der Waals surface area contributed by atoms with Crippen LogP contribution in [0.5, 0.6) is 5.75 Å². The van der Waals surface area contributed by atoms with Crippen molar-refractivity contribution in [1.82, 2.24) is 0 Å². The molecule has 0 unspecified atom stereocenters. The van der Waals surface area contributed by atoms with Crippen molar-refractivity contribution >= 4 is 29.0 Å². The maximum absolute atomic E-state index is 12.0. The number of nitrogens with one attached hydrogen (secondary N) is 1. The molecule has 0 amide bonds. The van der Waals surface area contributed by atoms with E-state index >= 15 is 0 Å². The molecule has 2 aromatic carbocycles. The maximum Gasteiger partial charge on any atom is 0.350 e. The summed E-state index contributed by atoms with van der Waals surface area (Å²) in [4.78, 5) is 40.2. The molecule has 1 aliphatic heterocycles. The Morgan fingerprint density at radius 2 is 1.75 bits per heavy atom. The molecule has 0 aliphatic carbocycles. The highest BCUT2D eigenvalue weighted by atomic mass is 16.7. The molecule has 0 atom stereocenters. The Hall–Kier alpha value is -4.21. The average molecular weight is 439 g/mol. The van der Waals surface area contributed by atoms with E-state index in [4.69, 9.17) is 14.3 Å². The van der Waals surface area contributed by atoms with Crippen molar-refractivity contribution in [2.24, 2.45) is 5.16 Å². The van der Waals surface area contributed by atoms with Gasteiger partial charge >= 0.3 is 11.9 Å². The van der Waals surface area contributed by atoms with E-state index in [0.29, 0.717) is 5.71 Å². The van der Waals surface area contributed by atoms with Crippen LogP contribution in [0.25, 0.3) is 0 Å². The van der Waals surface area contributed by atoms with E-state index in [-0.39, 0.29) is 22.7 Å². The first-order valence-corrected chi connectivity index (χ1v) is 9.55. The number of nitro benzene ring substituents is 1. The second-order valence-electron chi connectivity index (χ2n) is 7.49. The molecule has 1 heterocycles. The van der Waals surface area contributed by atoms with E-state index in [9.17, 15) is 19.7 Å². The second kappa shape index (κ2) is 8.88. The minimum absolute atomic E-state index is 0.0847. The lowest BCUT2D eigenvalue weighted by atomic mass is 10.1. The van der Waals surface area contributed by atoms with Gasteiger partial charge < -0.3 is 19.6 Å². The number of ether oxygens (including phenoxy) is 2. The van der Waals surface area contributed by atoms with Crippen LogP contribution in [0.15, 0.2) is 59.4 Å². The van der Waals surface area contributed by atoms with Gasteiger partial charge in [0.1, 0.15) is 0 Å². The summed E-state index contributed by atoms with van der Waals surface area (Å²) in [6, 6.07) is 11.5. The van der Waals surface area contributed by atoms with E-state index in [2.05, 4.69) is 10.5 Å². The number of cyclic esters (lactones) is 2. The number of non-ortho nitro benzene ring substituents is 1. The molecule has 1 N–H and O–H groups in total. The van der Waals surface area contributed by atoms with Crippen molar-refractivity contribution in [3.8, 4) is 5.75 Å². The Morgan fingerprint density at radius 3 is 2.34 bits per heavy atom. The van der Waals surface area contributed by atoms with Gasteiger partial charge in [-0.25, -0.2) is 9.59 Å². The molecule has 0 radical (unpaired) electrons. The van der Waals surface area contributed by atoms with Gasteiger partial charge in [-0.2, -0.15) is 0 Å². The minimum atomic E-state index is -1.37. The Morgan fingerprint density at radius 1 is 1.12 bits per heavy atom. The van der Waals surface area contributed by atoms with E-state index in [1.807, 2.05) is 31.2 Å². The highest BCUT2D eigenvalue weighted by Crippen LogP contribution is 2.28. The Kier molecular flexibility index (Phi) is 6.24. The highest BCUT2D eigenvalue weighted by Gasteiger charge is 2.39. The fourth-order valence-corrected chi connectivity index (χ4v) is 2.73. The van der Waals surface area contributed by atoms with Gasteiger partial charge in [-0.3, -0.25) is 10.1 Å². The van der Waals surface area contributed by atoms with Gasteiger partial charge in [-0.05, 0) is 19.4 Å². The standard InChI is InChI=1S/C22H21N3O7/c1-13-5-7-15(8-6-13)14(2)24-32-18-10-16(9-17(11-18)25(28)29)23-12-19-20(26)30-22(3,4)31-21(19)27/h5-12,23H,1-4H3. The zero-order valence-corrected chi connectivity index (χ0v) is 17.9. The molecule has 10 heteroatoms. The lowest BCUT2D eigenvalue weighted by Gasteiger charge is -2.29. The van der Waals surface area contributed by atoms with Crippen LogP contribution in [-0.4, -0.2) is 28.4 Å². The first kappa shape index (κ1) is 22.5. The van der Waals surface area contributed by atoms with Crippen LogP contribution < -0.4 is 10.2 Å². The van der Waals surface area contributed by atoms with Gasteiger partial charge in [-0.15, -0.1) is 0 Å². The van der Waals surface area contributed by atoms with Crippen molar-refractivity contribution in [3.05, 3.63) is 75.5 Å². The molecule has 32 heavy (non-hydrogen) atoms. The van der Waals surface area contributed by atoms with Gasteiger partial charge in [0.15, 0.2) is 11.3 Å². The molecule has 2 aromatic rings. The summed E-state index contributed by atoms with van der Waals surface area (Å²) in [6.45, 7) is 6.56. The van der Waals surface area contributed by atoms with Crippen molar-refractivity contribution in [1.29, 1.82) is 0 Å². The van der Waals surface area contributed by atoms with Crippen molar-refractivity contribution in [3.63, 3.8) is 0 Å². The van der Waals surface area contributed by atoms with Gasteiger partial charge in [0.25, 0.3) is 11.5 Å². The van der Waals surface area contributed by atoms with Crippen LogP contribution >= 0.6 is 0 Å². The number of aryl methyl sites for hydroxylation is 1. The van der Waals surface area contributed by atoms with Crippen molar-refractivity contribution in [2.45, 2.75) is 33.5 Å². The lowest BCUT2D eigenvalue weighted by Crippen LogP contribution is -2.42. The fraction of sp³-hybridized carbons (Fsp3) is 0.227. The summed E-state index contributed by atoms with van der Waals surface area (Å²) in [7, 11) is 0. The third kappa shape index (κ3) is 5.48. The summed E-state index contributed by atoms with van der Waals surface area (Å²) in [5, 5.41) is 18.0. The number of carbonyl (C=O) groups excluding carboxylic acids is 2. The van der Waals surface area contributed by atoms with E-state index in [1.54, 1.807) is 6.92 Å². The summed E-state index contributed by atoms with van der Waals surface area (Å²) in [5.74, 6) is -3.04. The monoisotopic (exact) mass is 439 g/mol. The predicted octanol–water partition coefficient (Wildman–Crippen LogP) is 3.84. The molecule has 0 aromatic heterocycles. The van der Waals surface area contributed by atoms with Gasteiger partial charge in [-0.1, -0.05) is 35.0 Å². The summed E-state index contributed by atoms with van der Waals surface area (Å²) >= 11 is 0. The first-order valence-electron chi connectivity index (χ1n) is 9.55. The third-order valence-corrected chi connectivity index (χ3v) is 4.36. The molecular formula is C22H21N3O7. The number of esters is 2. The predicted molar refractivity (Wildman–Crippen MR) is 115 cm³/mol. The molecule has 0 bridgehead atoms. The fourth-order valence-electron chi connectivity index (χ4n) is 2.73. The topological polar surface area (TPSA) is 129 Å². The maximum atomic E-state index is 12.0. The van der Waals surface area contributed by atoms with Crippen LogP contribution in [-0.2, 0) is 19.1 Å². The Labute approximate surface area is 183 Å². The van der Waals surface area contributed by atoms with Gasteiger partial charge in [0, 0.05) is 37.9 Å². The summed E-state index contributed by atoms with van der Waals surface area (Å²) < 4.78 is 10.0. The number of rotatable bonds is 6. The summed E-state index contributed by atoms with van der Waals surface area (Å²) in [5.41, 5.74) is 2.04. The molecule has 1 fully saturated rings. The molecule has 10 nitrogen and oxygen atoms in total. The minimum Gasteiger partial charge on any atom is -0.419 e.